The average molecular weight is 2110 g/mol. The number of nitrogens with one attached hydrogen (secondary N) is 2. The Balaban J connectivity index is 0.000000136. The van der Waals surface area contributed by atoms with Gasteiger partial charge in [-0.2, -0.15) is 52.1 Å². The number of nitrogens with two attached hydrogens (primary N) is 5. The van der Waals surface area contributed by atoms with E-state index >= 15 is 0 Å². The molecule has 8 heterocycles. The van der Waals surface area contributed by atoms with Crippen LogP contribution >= 0.6 is 11.6 Å². The molecular formula is C94H109ClN20O25S5. The number of oxazole rings is 1. The fourth-order valence-corrected chi connectivity index (χ4v) is 20.1. The molecule has 12 aromatic rings. The van der Waals surface area contributed by atoms with Crippen molar-refractivity contribution < 1.29 is 112 Å². The Hall–Kier alpha value is -11.8. The van der Waals surface area contributed by atoms with Crippen molar-refractivity contribution in [3.05, 3.63) is 252 Å². The minimum atomic E-state index is -4.08. The molecule has 45 nitrogen and oxygen atoms in total. The number of aliphatic hydroxyl groups is 6. The molecule has 19 rings (SSSR count). The van der Waals surface area contributed by atoms with Gasteiger partial charge in [-0.1, -0.05) is 145 Å². The number of rotatable bonds is 35. The van der Waals surface area contributed by atoms with Crippen LogP contribution in [0.15, 0.2) is 216 Å². The molecule has 0 saturated heterocycles. The highest BCUT2D eigenvalue weighted by Crippen LogP contribution is 2.42. The summed E-state index contributed by atoms with van der Waals surface area (Å²) in [5.41, 5.74) is 12.7. The van der Waals surface area contributed by atoms with Crippen LogP contribution in [0, 0.1) is 35.5 Å². The van der Waals surface area contributed by atoms with Crippen molar-refractivity contribution >= 4 is 120 Å². The van der Waals surface area contributed by atoms with E-state index in [0.717, 1.165) is 86.6 Å². The molecule has 0 amide bonds. The predicted octanol–water partition coefficient (Wildman–Crippen LogP) is 6.05. The van der Waals surface area contributed by atoms with Crippen molar-refractivity contribution in [2.24, 2.45) is 71.2 Å². The first kappa shape index (κ1) is 107. The lowest BCUT2D eigenvalue weighted by Crippen LogP contribution is -2.31. The molecule has 5 saturated carbocycles. The first-order chi connectivity index (χ1) is 69.2. The molecule has 18 N–H and O–H groups in total. The predicted molar refractivity (Wildman–Crippen MR) is 529 cm³/mol. The van der Waals surface area contributed by atoms with E-state index in [1.54, 1.807) is 18.2 Å². The summed E-state index contributed by atoms with van der Waals surface area (Å²) in [6.45, 7) is -0.633. The Morgan fingerprint density at radius 3 is 1.53 bits per heavy atom. The van der Waals surface area contributed by atoms with Crippen LogP contribution in [-0.4, -0.2) is 233 Å². The molecule has 2 aliphatic heterocycles. The molecule has 5 fully saturated rings. The first-order valence-electron chi connectivity index (χ1n) is 46.1. The molecular weight excluding hydrogens is 2000 g/mol. The second kappa shape index (κ2) is 48.7. The zero-order valence-electron chi connectivity index (χ0n) is 77.7. The Morgan fingerprint density at radius 1 is 0.414 bits per heavy atom. The Kier molecular flexibility index (Phi) is 36.1. The maximum Gasteiger partial charge on any atom is 0.333 e. The van der Waals surface area contributed by atoms with Crippen molar-refractivity contribution in [2.75, 3.05) is 43.7 Å². The van der Waals surface area contributed by atoms with E-state index in [0.29, 0.717) is 141 Å². The number of nitrogens with zero attached hydrogens (tertiary/aromatic N) is 13. The van der Waals surface area contributed by atoms with Crippen LogP contribution in [0.5, 0.6) is 17.6 Å². The van der Waals surface area contributed by atoms with Crippen molar-refractivity contribution in [3.8, 4) is 29.1 Å². The summed E-state index contributed by atoms with van der Waals surface area (Å²) in [7, 11) is -20.2. The van der Waals surface area contributed by atoms with Crippen LogP contribution in [0.2, 0.25) is 5.02 Å². The number of benzene rings is 6. The first-order valence-corrected chi connectivity index (χ1v) is 53.8. The van der Waals surface area contributed by atoms with Gasteiger partial charge in [0.05, 0.1) is 92.8 Å². The van der Waals surface area contributed by atoms with Gasteiger partial charge in [0.2, 0.25) is 23.5 Å². The molecule has 0 bridgehead atoms. The van der Waals surface area contributed by atoms with E-state index < -0.39 is 106 Å². The maximum absolute atomic E-state index is 11.0. The van der Waals surface area contributed by atoms with E-state index in [2.05, 4.69) is 129 Å². The summed E-state index contributed by atoms with van der Waals surface area (Å²) in [5.74, 6) is 0.319. The molecule has 16 atom stereocenters. The fourth-order valence-electron chi connectivity index (χ4n) is 18.1. The topological polar surface area (TPSA) is 700 Å². The van der Waals surface area contributed by atoms with Gasteiger partial charge in [0.25, 0.3) is 5.71 Å². The van der Waals surface area contributed by atoms with Gasteiger partial charge >= 0.3 is 51.5 Å². The molecule has 7 aliphatic rings. The lowest BCUT2D eigenvalue weighted by Gasteiger charge is -2.16. The van der Waals surface area contributed by atoms with Gasteiger partial charge in [-0.3, -0.25) is 25.9 Å². The fraction of sp³-hybridized carbons (Fsp3) is 0.394. The second-order valence-electron chi connectivity index (χ2n) is 35.8. The van der Waals surface area contributed by atoms with Gasteiger partial charge in [0, 0.05) is 107 Å². The van der Waals surface area contributed by atoms with Crippen LogP contribution in [0.3, 0.4) is 0 Å². The third-order valence-electron chi connectivity index (χ3n) is 25.2. The van der Waals surface area contributed by atoms with E-state index in [1.807, 2.05) is 109 Å². The molecule has 145 heavy (non-hydrogen) atoms. The van der Waals surface area contributed by atoms with Crippen LogP contribution in [0.1, 0.15) is 103 Å². The number of aryl methyl sites for hydroxylation is 2. The van der Waals surface area contributed by atoms with Gasteiger partial charge in [-0.15, -0.1) is 0 Å². The molecule has 0 unspecified atom stereocenters. The zero-order valence-corrected chi connectivity index (χ0v) is 82.5. The normalized spacial score (nSPS) is 23.2. The number of aromatic nitrogens is 11. The quantitative estimate of drug-likeness (QED) is 0.0215. The van der Waals surface area contributed by atoms with Crippen molar-refractivity contribution in [3.63, 3.8) is 0 Å². The number of ether oxygens (including phenoxy) is 3. The third kappa shape index (κ3) is 31.9. The number of aliphatic hydroxyl groups excluding tert-OH is 6. The molecule has 0 spiro atoms. The largest absolute Gasteiger partial charge is 0.474 e. The van der Waals surface area contributed by atoms with Crippen molar-refractivity contribution in [1.82, 2.24) is 54.8 Å². The third-order valence-corrected chi connectivity index (χ3v) is 27.8. The monoisotopic (exact) mass is 2110 g/mol. The highest BCUT2D eigenvalue weighted by atomic mass is 35.5. The summed E-state index contributed by atoms with van der Waals surface area (Å²) in [4.78, 5) is 56.4. The SMILES string of the molecule is NS(=O)(=O)OC[C@@H]1C[C@@H](Nc2ncnc3c2N=C(Cc2ccccc2)C3)C[C@@H]1O.NS(=O)(=O)OC[C@@H]1C[C@@H](Nc2ncnc3oc(-c4ccccc4)nc23)C[C@@H]1O.NS(=O)(=O)OC[C@@H]1C[C@@H](Oc2cc(OCc3ccc(Cl)cc3)ncn2)C[C@@H]1O.NS(=O)(=O)OC[C@@H]1C[C@@H](Oc2ncnc3c2N=C(c2cccc4ccccc24)C3)C[C@@H]1O.NS(=O)(=O)OC[C@H]1C[C@@H](Cc2cc(CCc3ccccc3)ncn2)[C@H](O)[C@@H]1O. The summed E-state index contributed by atoms with van der Waals surface area (Å²) < 4.78 is 156. The van der Waals surface area contributed by atoms with E-state index in [-0.39, 0.29) is 75.1 Å². The van der Waals surface area contributed by atoms with E-state index in [9.17, 15) is 72.7 Å². The minimum absolute atomic E-state index is 0.0774. The number of aliphatic imine (C=N–C) groups is 2. The van der Waals surface area contributed by atoms with Crippen LogP contribution in [0.25, 0.3) is 33.5 Å². The molecule has 6 aromatic heterocycles. The molecule has 0 radical (unpaired) electrons. The van der Waals surface area contributed by atoms with Crippen LogP contribution in [-0.2, 0) is 118 Å². The highest BCUT2D eigenvalue weighted by Gasteiger charge is 2.44. The highest BCUT2D eigenvalue weighted by molar-refractivity contribution is 7.85. The zero-order chi connectivity index (χ0) is 103. The van der Waals surface area contributed by atoms with E-state index in [1.165, 1.54) is 42.8 Å². The number of hydrogen-bond donors (Lipinski definition) is 13. The Morgan fingerprint density at radius 2 is 0.910 bits per heavy atom. The van der Waals surface area contributed by atoms with Crippen LogP contribution in [0.4, 0.5) is 23.0 Å². The standard InChI is InChI=1S/C22H22N4O5S.C19H23N5O4S.C19H25N3O5S.C17H20ClN3O6S.C17H19N5O5S/c23-32(28,29)30-11-14-8-15(9-20(14)27)31-22-21-19(24-12-25-22)10-18(26-21)17-7-3-5-13-4-1-2-6-16(13)17;20-29(26,27)28-10-13-7-15(9-17(13)25)24-19-18-16(21-11-22-19)8-14(23-18)6-12-4-2-1-3-5-12;20-28(25,26)27-11-15-8-14(18(23)19(15)24)9-17-10-16(21-12-22-17)7-6-13-4-2-1-3-5-13;18-13-3-1-11(2-4-13)8-25-16-7-17(21-10-20-16)27-14-5-12(15(22)6-14)9-26-28(19,23)24;18-28(24,25)26-8-11-6-12(7-13(11)23)21-15-14-17(20-9-19-15)27-16(22-14)10-4-2-1-3-5-10/h1-7,12,14-15,20,27H,8-11H2,(H2,23,28,29);1-5,11,13,15,17,25H,6-10H2,(H2,20,26,27)(H,21,22,24);1-5,10,12,14-15,18-19,23-24H,6-9,11H2,(H2,20,25,26);1-4,7,10,12,14-15,22H,5-6,8-9H2,(H2,19,23,24);1-5,9,11-13,23H,6-8H2,(H2,18,24,25)(H,19,20,21)/t14-,15+,20-;13-,15+,17-;14-,15+,18-,19+;12-,14+,15-;11-,12+,13-/m00000/s1. The summed E-state index contributed by atoms with van der Waals surface area (Å²) in [6, 6.07) is 54.5. The molecule has 51 heteroatoms. The van der Waals surface area contributed by atoms with Crippen molar-refractivity contribution in [2.45, 2.75) is 164 Å². The minimum Gasteiger partial charge on any atom is -0.474 e. The summed E-state index contributed by atoms with van der Waals surface area (Å²) >= 11 is 5.85. The van der Waals surface area contributed by atoms with Crippen LogP contribution < -0.4 is 50.5 Å². The van der Waals surface area contributed by atoms with Gasteiger partial charge in [-0.25, -0.2) is 75.5 Å². The summed E-state index contributed by atoms with van der Waals surface area (Å²) in [5, 5.41) is 94.9. The number of halogens is 1. The number of fused-ring (bicyclic) bond motifs is 4. The Bertz CT molecular complexity index is 7100. The van der Waals surface area contributed by atoms with Gasteiger partial charge in [0.15, 0.2) is 17.2 Å². The molecule has 6 aromatic carbocycles. The molecule has 5 aliphatic carbocycles. The summed E-state index contributed by atoms with van der Waals surface area (Å²) in [6.07, 6.45) is 9.42. The maximum atomic E-state index is 11.0. The number of hydrogen-bond acceptors (Lipinski definition) is 40. The lowest BCUT2D eigenvalue weighted by molar-refractivity contribution is -0.00332. The number of anilines is 2. The Labute approximate surface area is 840 Å². The van der Waals surface area contributed by atoms with Gasteiger partial charge < -0.3 is 59.9 Å². The van der Waals surface area contributed by atoms with Gasteiger partial charge in [-0.05, 0) is 128 Å². The lowest BCUT2D eigenvalue weighted by atomic mass is 9.97. The van der Waals surface area contributed by atoms with Crippen molar-refractivity contribution in [1.29, 1.82) is 0 Å². The average Bonchev–Trinajstić information content (AvgIpc) is 1.64. The van der Waals surface area contributed by atoms with E-state index in [4.69, 9.17) is 65.9 Å². The smallest absolute Gasteiger partial charge is 0.333 e. The molecule has 772 valence electrons. The van der Waals surface area contributed by atoms with Gasteiger partial charge in [0.1, 0.15) is 61.8 Å². The second-order valence-corrected chi connectivity index (χ2v) is 42.4.